The lowest BCUT2D eigenvalue weighted by Gasteiger charge is -2.22. The fourth-order valence-corrected chi connectivity index (χ4v) is 3.75. The summed E-state index contributed by atoms with van der Waals surface area (Å²) in [4.78, 5) is 12.6. The number of ether oxygens (including phenoxy) is 2. The number of amides is 1. The molecule has 0 aliphatic rings. The number of nitrogens with one attached hydrogen (secondary N) is 1. The molecule has 0 fully saturated rings. The number of sulfonamides is 1. The molecule has 0 bridgehead atoms. The van der Waals surface area contributed by atoms with Gasteiger partial charge >= 0.3 is 0 Å². The minimum Gasteiger partial charge on any atom is -0.494 e. The summed E-state index contributed by atoms with van der Waals surface area (Å²) in [7, 11) is -3.66. The zero-order valence-electron chi connectivity index (χ0n) is 18.0. The molecule has 0 saturated carbocycles. The van der Waals surface area contributed by atoms with Crippen LogP contribution in [0.4, 0.5) is 11.4 Å². The summed E-state index contributed by atoms with van der Waals surface area (Å²) in [5.74, 6) is 1.52. The SMILES string of the molecule is CCCOc1ccc(N(CC(=O)Nc2ccc(Oc3ccccc3)cc2)S(C)(=O)=O)cc1. The molecule has 0 saturated heterocycles. The van der Waals surface area contributed by atoms with Crippen LogP contribution in [0, 0.1) is 0 Å². The van der Waals surface area contributed by atoms with E-state index in [1.807, 2.05) is 37.3 Å². The van der Waals surface area contributed by atoms with Gasteiger partial charge in [-0.15, -0.1) is 0 Å². The molecular weight excluding hydrogens is 428 g/mol. The molecule has 0 aromatic heterocycles. The first kappa shape index (κ1) is 23.1. The van der Waals surface area contributed by atoms with E-state index in [0.29, 0.717) is 35.2 Å². The lowest BCUT2D eigenvalue weighted by molar-refractivity contribution is -0.114. The minimum absolute atomic E-state index is 0.351. The molecule has 168 valence electrons. The highest BCUT2D eigenvalue weighted by Crippen LogP contribution is 2.24. The van der Waals surface area contributed by atoms with Crippen molar-refractivity contribution in [2.45, 2.75) is 13.3 Å². The van der Waals surface area contributed by atoms with E-state index in [9.17, 15) is 13.2 Å². The molecule has 0 aliphatic heterocycles. The van der Waals surface area contributed by atoms with E-state index in [4.69, 9.17) is 9.47 Å². The Labute approximate surface area is 188 Å². The Morgan fingerprint density at radius 1 is 0.875 bits per heavy atom. The van der Waals surface area contributed by atoms with Crippen LogP contribution in [0.1, 0.15) is 13.3 Å². The first-order chi connectivity index (χ1) is 15.3. The van der Waals surface area contributed by atoms with Crippen LogP contribution in [-0.4, -0.2) is 33.7 Å². The fourth-order valence-electron chi connectivity index (χ4n) is 2.89. The Morgan fingerprint density at radius 2 is 1.47 bits per heavy atom. The zero-order valence-corrected chi connectivity index (χ0v) is 18.8. The van der Waals surface area contributed by atoms with E-state index in [-0.39, 0.29) is 6.54 Å². The third-order valence-electron chi connectivity index (χ3n) is 4.40. The minimum atomic E-state index is -3.66. The number of carbonyl (C=O) groups excluding carboxylic acids is 1. The van der Waals surface area contributed by atoms with Gasteiger partial charge in [0.05, 0.1) is 18.6 Å². The molecule has 0 atom stereocenters. The van der Waals surface area contributed by atoms with Crippen molar-refractivity contribution in [1.29, 1.82) is 0 Å². The molecule has 3 aromatic carbocycles. The summed E-state index contributed by atoms with van der Waals surface area (Å²) in [6.07, 6.45) is 1.94. The summed E-state index contributed by atoms with van der Waals surface area (Å²) in [6, 6.07) is 22.8. The number of hydrogen-bond donors (Lipinski definition) is 1. The molecule has 32 heavy (non-hydrogen) atoms. The van der Waals surface area contributed by atoms with Crippen LogP contribution in [0.3, 0.4) is 0 Å². The topological polar surface area (TPSA) is 84.9 Å². The number of nitrogens with zero attached hydrogens (tertiary/aromatic N) is 1. The van der Waals surface area contributed by atoms with E-state index in [1.54, 1.807) is 48.5 Å². The summed E-state index contributed by atoms with van der Waals surface area (Å²) in [6.45, 7) is 2.23. The van der Waals surface area contributed by atoms with Gasteiger partial charge in [-0.3, -0.25) is 9.10 Å². The molecule has 0 unspecified atom stereocenters. The molecule has 0 aliphatic carbocycles. The van der Waals surface area contributed by atoms with Crippen molar-refractivity contribution in [1.82, 2.24) is 0 Å². The molecular formula is C24H26N2O5S. The van der Waals surface area contributed by atoms with Crippen molar-refractivity contribution in [2.24, 2.45) is 0 Å². The summed E-state index contributed by atoms with van der Waals surface area (Å²) < 4.78 is 36.9. The first-order valence-electron chi connectivity index (χ1n) is 10.2. The zero-order chi connectivity index (χ0) is 23.0. The molecule has 3 rings (SSSR count). The van der Waals surface area contributed by atoms with E-state index < -0.39 is 15.9 Å². The summed E-state index contributed by atoms with van der Waals surface area (Å²) >= 11 is 0. The van der Waals surface area contributed by atoms with Crippen LogP contribution >= 0.6 is 0 Å². The molecule has 1 amide bonds. The molecule has 1 N–H and O–H groups in total. The summed E-state index contributed by atoms with van der Waals surface area (Å²) in [5, 5.41) is 2.72. The van der Waals surface area contributed by atoms with Gasteiger partial charge in [-0.1, -0.05) is 25.1 Å². The second kappa shape index (κ2) is 10.7. The van der Waals surface area contributed by atoms with Crippen molar-refractivity contribution < 1.29 is 22.7 Å². The van der Waals surface area contributed by atoms with Crippen molar-refractivity contribution in [2.75, 3.05) is 29.0 Å². The highest BCUT2D eigenvalue weighted by Gasteiger charge is 2.21. The average Bonchev–Trinajstić information content (AvgIpc) is 2.78. The summed E-state index contributed by atoms with van der Waals surface area (Å²) in [5.41, 5.74) is 0.922. The monoisotopic (exact) mass is 454 g/mol. The number of carbonyl (C=O) groups is 1. The lowest BCUT2D eigenvalue weighted by atomic mass is 10.3. The van der Waals surface area contributed by atoms with Gasteiger partial charge in [0.25, 0.3) is 0 Å². The maximum atomic E-state index is 12.6. The Kier molecular flexibility index (Phi) is 7.72. The van der Waals surface area contributed by atoms with Gasteiger partial charge in [-0.2, -0.15) is 0 Å². The molecule has 0 heterocycles. The van der Waals surface area contributed by atoms with Crippen LogP contribution in [0.15, 0.2) is 78.9 Å². The van der Waals surface area contributed by atoms with Gasteiger partial charge in [0, 0.05) is 5.69 Å². The van der Waals surface area contributed by atoms with Crippen molar-refractivity contribution >= 4 is 27.3 Å². The van der Waals surface area contributed by atoms with Gasteiger partial charge in [0.15, 0.2) is 0 Å². The normalized spacial score (nSPS) is 10.9. The number of hydrogen-bond acceptors (Lipinski definition) is 5. The third kappa shape index (κ3) is 6.75. The third-order valence-corrected chi connectivity index (χ3v) is 5.54. The van der Waals surface area contributed by atoms with Crippen molar-refractivity contribution in [3.8, 4) is 17.2 Å². The molecule has 8 heteroatoms. The maximum absolute atomic E-state index is 12.6. The van der Waals surface area contributed by atoms with E-state index >= 15 is 0 Å². The Morgan fingerprint density at radius 3 is 2.06 bits per heavy atom. The fraction of sp³-hybridized carbons (Fsp3) is 0.208. The Bertz CT molecular complexity index is 1120. The number of rotatable bonds is 10. The molecule has 0 radical (unpaired) electrons. The van der Waals surface area contributed by atoms with Crippen LogP contribution in [0.5, 0.6) is 17.2 Å². The first-order valence-corrected chi connectivity index (χ1v) is 12.0. The molecule has 7 nitrogen and oxygen atoms in total. The predicted molar refractivity (Wildman–Crippen MR) is 126 cm³/mol. The van der Waals surface area contributed by atoms with Gasteiger partial charge < -0.3 is 14.8 Å². The standard InChI is InChI=1S/C24H26N2O5S/c1-3-17-30-21-15-11-20(12-16-21)26(32(2,28)29)18-24(27)25-19-9-13-23(14-10-19)31-22-7-5-4-6-8-22/h4-16H,3,17-18H2,1-2H3,(H,25,27). The van der Waals surface area contributed by atoms with Crippen molar-refractivity contribution in [3.63, 3.8) is 0 Å². The highest BCUT2D eigenvalue weighted by molar-refractivity contribution is 7.92. The largest absolute Gasteiger partial charge is 0.494 e. The Balaban J connectivity index is 1.64. The van der Waals surface area contributed by atoms with Gasteiger partial charge in [-0.25, -0.2) is 8.42 Å². The van der Waals surface area contributed by atoms with Crippen LogP contribution in [-0.2, 0) is 14.8 Å². The average molecular weight is 455 g/mol. The van der Waals surface area contributed by atoms with Crippen LogP contribution in [0.2, 0.25) is 0 Å². The van der Waals surface area contributed by atoms with E-state index in [1.165, 1.54) is 0 Å². The predicted octanol–water partition coefficient (Wildman–Crippen LogP) is 4.67. The lowest BCUT2D eigenvalue weighted by Crippen LogP contribution is -2.37. The van der Waals surface area contributed by atoms with Crippen molar-refractivity contribution in [3.05, 3.63) is 78.9 Å². The Hall–Kier alpha value is -3.52. The quantitative estimate of drug-likeness (QED) is 0.481. The molecule has 0 spiro atoms. The van der Waals surface area contributed by atoms with Gasteiger partial charge in [-0.05, 0) is 67.1 Å². The van der Waals surface area contributed by atoms with Crippen LogP contribution in [0.25, 0.3) is 0 Å². The molecule has 3 aromatic rings. The van der Waals surface area contributed by atoms with E-state index in [2.05, 4.69) is 5.32 Å². The highest BCUT2D eigenvalue weighted by atomic mass is 32.2. The number of benzene rings is 3. The second-order valence-corrected chi connectivity index (χ2v) is 9.01. The second-order valence-electron chi connectivity index (χ2n) is 7.10. The smallest absolute Gasteiger partial charge is 0.245 e. The van der Waals surface area contributed by atoms with Gasteiger partial charge in [0.2, 0.25) is 15.9 Å². The maximum Gasteiger partial charge on any atom is 0.245 e. The van der Waals surface area contributed by atoms with Gasteiger partial charge in [0.1, 0.15) is 23.8 Å². The van der Waals surface area contributed by atoms with Crippen LogP contribution < -0.4 is 19.1 Å². The number of anilines is 2. The number of para-hydroxylation sites is 1. The van der Waals surface area contributed by atoms with E-state index in [0.717, 1.165) is 17.0 Å².